The molecule has 3 unspecified atom stereocenters. The molecule has 0 aromatic rings. The molecule has 0 aliphatic heterocycles. The Morgan fingerprint density at radius 1 is 1.29 bits per heavy atom. The van der Waals surface area contributed by atoms with Crippen molar-refractivity contribution in [2.24, 2.45) is 0 Å². The van der Waals surface area contributed by atoms with E-state index in [0.717, 1.165) is 13.8 Å². The van der Waals surface area contributed by atoms with E-state index in [1.165, 1.54) is 0 Å². The molecule has 0 saturated heterocycles. The maximum absolute atomic E-state index is 11.3. The van der Waals surface area contributed by atoms with E-state index < -0.39 is 36.3 Å². The van der Waals surface area contributed by atoms with Gasteiger partial charge in [0.1, 0.15) is 11.7 Å². The fourth-order valence-corrected chi connectivity index (χ4v) is 0.827. The Balaban J connectivity index is 4.86. The quantitative estimate of drug-likeness (QED) is 0.338. The van der Waals surface area contributed by atoms with Crippen molar-refractivity contribution < 1.29 is 30.3 Å². The van der Waals surface area contributed by atoms with Crippen LogP contribution in [0.1, 0.15) is 13.8 Å². The standard InChI is InChI=1S/C8H16O6/c1-7(13,4-10)8(2,14)6(12)5(11)3-9/h5,9-11,13-14H,3-4H2,1-2H3. The van der Waals surface area contributed by atoms with E-state index in [0.29, 0.717) is 0 Å². The zero-order valence-corrected chi connectivity index (χ0v) is 8.14. The first-order valence-corrected chi connectivity index (χ1v) is 4.09. The van der Waals surface area contributed by atoms with Crippen LogP contribution in [0.25, 0.3) is 0 Å². The minimum atomic E-state index is -2.32. The highest BCUT2D eigenvalue weighted by Gasteiger charge is 2.49. The van der Waals surface area contributed by atoms with Crippen LogP contribution in [-0.4, -0.2) is 61.8 Å². The van der Waals surface area contributed by atoms with Crippen LogP contribution in [0.15, 0.2) is 0 Å². The van der Waals surface area contributed by atoms with Crippen LogP contribution >= 0.6 is 0 Å². The van der Waals surface area contributed by atoms with Crippen LogP contribution in [0.2, 0.25) is 0 Å². The fraction of sp³-hybridized carbons (Fsp3) is 0.875. The molecule has 0 aromatic carbocycles. The summed E-state index contributed by atoms with van der Waals surface area (Å²) in [5.74, 6) is -1.14. The number of aliphatic hydroxyl groups is 5. The smallest absolute Gasteiger partial charge is 0.197 e. The van der Waals surface area contributed by atoms with Crippen molar-refractivity contribution in [1.82, 2.24) is 0 Å². The summed E-state index contributed by atoms with van der Waals surface area (Å²) in [5, 5.41) is 45.2. The van der Waals surface area contributed by atoms with Gasteiger partial charge in [0, 0.05) is 0 Å². The molecule has 84 valence electrons. The number of carbonyl (C=O) groups is 1. The third-order valence-corrected chi connectivity index (χ3v) is 2.31. The van der Waals surface area contributed by atoms with E-state index in [2.05, 4.69) is 0 Å². The molecule has 0 radical (unpaired) electrons. The summed E-state index contributed by atoms with van der Waals surface area (Å²) in [6, 6.07) is 0. The lowest BCUT2D eigenvalue weighted by Gasteiger charge is -2.36. The number of carbonyl (C=O) groups excluding carboxylic acids is 1. The van der Waals surface area contributed by atoms with Crippen LogP contribution in [-0.2, 0) is 4.79 Å². The predicted molar refractivity (Wildman–Crippen MR) is 46.4 cm³/mol. The summed E-state index contributed by atoms with van der Waals surface area (Å²) in [7, 11) is 0. The van der Waals surface area contributed by atoms with Gasteiger partial charge in [0.25, 0.3) is 0 Å². The molecule has 0 bridgehead atoms. The van der Waals surface area contributed by atoms with E-state index in [9.17, 15) is 15.0 Å². The Labute approximate surface area is 81.4 Å². The van der Waals surface area contributed by atoms with Crippen molar-refractivity contribution in [3.8, 4) is 0 Å². The molecule has 6 nitrogen and oxygen atoms in total. The second-order valence-corrected chi connectivity index (χ2v) is 3.57. The van der Waals surface area contributed by atoms with E-state index in [4.69, 9.17) is 15.3 Å². The summed E-state index contributed by atoms with van der Waals surface area (Å²) in [6.45, 7) is 0.319. The molecule has 0 aromatic heterocycles. The van der Waals surface area contributed by atoms with Gasteiger partial charge in [0.15, 0.2) is 11.4 Å². The zero-order chi connectivity index (χ0) is 11.6. The lowest BCUT2D eigenvalue weighted by atomic mass is 9.81. The monoisotopic (exact) mass is 208 g/mol. The van der Waals surface area contributed by atoms with E-state index in [-0.39, 0.29) is 0 Å². The van der Waals surface area contributed by atoms with Gasteiger partial charge in [-0.25, -0.2) is 0 Å². The Bertz CT molecular complexity index is 210. The average Bonchev–Trinajstić information content (AvgIpc) is 2.14. The van der Waals surface area contributed by atoms with Crippen molar-refractivity contribution >= 4 is 5.78 Å². The van der Waals surface area contributed by atoms with Crippen molar-refractivity contribution in [3.05, 3.63) is 0 Å². The predicted octanol–water partition coefficient (Wildman–Crippen LogP) is -2.60. The summed E-state index contributed by atoms with van der Waals surface area (Å²) < 4.78 is 0. The Morgan fingerprint density at radius 2 is 1.71 bits per heavy atom. The van der Waals surface area contributed by atoms with Crippen molar-refractivity contribution in [1.29, 1.82) is 0 Å². The maximum Gasteiger partial charge on any atom is 0.197 e. The highest BCUT2D eigenvalue weighted by Crippen LogP contribution is 2.23. The molecule has 0 spiro atoms. The highest BCUT2D eigenvalue weighted by molar-refractivity contribution is 5.91. The molecule has 0 saturated carbocycles. The number of hydrogen-bond acceptors (Lipinski definition) is 6. The first-order valence-electron chi connectivity index (χ1n) is 4.09. The Hall–Kier alpha value is -0.530. The third kappa shape index (κ3) is 2.28. The van der Waals surface area contributed by atoms with Crippen LogP contribution in [0.3, 0.4) is 0 Å². The van der Waals surface area contributed by atoms with E-state index in [1.54, 1.807) is 0 Å². The minimum absolute atomic E-state index is 0.843. The van der Waals surface area contributed by atoms with E-state index >= 15 is 0 Å². The second-order valence-electron chi connectivity index (χ2n) is 3.57. The Morgan fingerprint density at radius 3 is 2.00 bits per heavy atom. The zero-order valence-electron chi connectivity index (χ0n) is 8.14. The molecule has 3 atom stereocenters. The first kappa shape index (κ1) is 13.5. The Kier molecular flexibility index (Phi) is 4.16. The molecule has 0 aliphatic carbocycles. The SMILES string of the molecule is CC(O)(CO)C(C)(O)C(=O)C(O)CO. The number of Topliss-reactive ketones (excluding diaryl/α,β-unsaturated/α-hetero) is 1. The van der Waals surface area contributed by atoms with Gasteiger partial charge in [-0.2, -0.15) is 0 Å². The summed E-state index contributed by atoms with van der Waals surface area (Å²) >= 11 is 0. The number of hydrogen-bond donors (Lipinski definition) is 5. The molecule has 0 amide bonds. The summed E-state index contributed by atoms with van der Waals surface area (Å²) in [5.41, 5.74) is -4.38. The molecular formula is C8H16O6. The van der Waals surface area contributed by atoms with Gasteiger partial charge in [-0.05, 0) is 13.8 Å². The normalized spacial score (nSPS) is 22.2. The van der Waals surface area contributed by atoms with E-state index in [1.807, 2.05) is 0 Å². The largest absolute Gasteiger partial charge is 0.393 e. The molecule has 14 heavy (non-hydrogen) atoms. The lowest BCUT2D eigenvalue weighted by molar-refractivity contribution is -0.182. The molecule has 0 fully saturated rings. The van der Waals surface area contributed by atoms with Crippen LogP contribution < -0.4 is 0 Å². The van der Waals surface area contributed by atoms with Gasteiger partial charge >= 0.3 is 0 Å². The topological polar surface area (TPSA) is 118 Å². The molecule has 5 N–H and O–H groups in total. The lowest BCUT2D eigenvalue weighted by Crippen LogP contribution is -2.60. The van der Waals surface area contributed by atoms with Crippen molar-refractivity contribution in [2.75, 3.05) is 13.2 Å². The van der Waals surface area contributed by atoms with Gasteiger partial charge < -0.3 is 25.5 Å². The molecule has 0 aliphatic rings. The summed E-state index contributed by atoms with van der Waals surface area (Å²) in [6.07, 6.45) is -1.77. The van der Waals surface area contributed by atoms with Gasteiger partial charge in [-0.15, -0.1) is 0 Å². The minimum Gasteiger partial charge on any atom is -0.393 e. The third-order valence-electron chi connectivity index (χ3n) is 2.31. The molecule has 0 heterocycles. The van der Waals surface area contributed by atoms with Crippen molar-refractivity contribution in [2.45, 2.75) is 31.2 Å². The molecule has 6 heteroatoms. The van der Waals surface area contributed by atoms with Gasteiger partial charge in [0.2, 0.25) is 0 Å². The van der Waals surface area contributed by atoms with Gasteiger partial charge in [0.05, 0.1) is 13.2 Å². The second kappa shape index (κ2) is 4.33. The van der Waals surface area contributed by atoms with Crippen molar-refractivity contribution in [3.63, 3.8) is 0 Å². The number of ketones is 1. The molecular weight excluding hydrogens is 192 g/mol. The summed E-state index contributed by atoms with van der Waals surface area (Å²) in [4.78, 5) is 11.3. The van der Waals surface area contributed by atoms with Crippen LogP contribution in [0, 0.1) is 0 Å². The number of aliphatic hydroxyl groups excluding tert-OH is 3. The average molecular weight is 208 g/mol. The molecule has 0 rings (SSSR count). The van der Waals surface area contributed by atoms with Gasteiger partial charge in [-0.3, -0.25) is 4.79 Å². The maximum atomic E-state index is 11.3. The first-order chi connectivity index (χ1) is 6.20. The number of rotatable bonds is 5. The van der Waals surface area contributed by atoms with Crippen LogP contribution in [0.4, 0.5) is 0 Å². The highest BCUT2D eigenvalue weighted by atomic mass is 16.4. The van der Waals surface area contributed by atoms with Gasteiger partial charge in [-0.1, -0.05) is 0 Å². The van der Waals surface area contributed by atoms with Crippen LogP contribution in [0.5, 0.6) is 0 Å². The fourth-order valence-electron chi connectivity index (χ4n) is 0.827.